The van der Waals surface area contributed by atoms with E-state index in [0.717, 1.165) is 13.0 Å². The predicted molar refractivity (Wildman–Crippen MR) is 104 cm³/mol. The summed E-state index contributed by atoms with van der Waals surface area (Å²) in [6, 6.07) is 9.98. The van der Waals surface area contributed by atoms with Crippen molar-refractivity contribution in [2.45, 2.75) is 6.42 Å². The van der Waals surface area contributed by atoms with Crippen molar-refractivity contribution in [2.24, 2.45) is 0 Å². The summed E-state index contributed by atoms with van der Waals surface area (Å²) >= 11 is 0. The van der Waals surface area contributed by atoms with Crippen molar-refractivity contribution in [3.05, 3.63) is 42.2 Å². The molecule has 1 aromatic carbocycles. The zero-order valence-electron chi connectivity index (χ0n) is 15.3. The minimum absolute atomic E-state index is 0.241. The van der Waals surface area contributed by atoms with Gasteiger partial charge in [-0.3, -0.25) is 0 Å². The smallest absolute Gasteiger partial charge is 0.188 e. The van der Waals surface area contributed by atoms with E-state index in [9.17, 15) is 12.8 Å². The van der Waals surface area contributed by atoms with Crippen molar-refractivity contribution in [1.29, 1.82) is 0 Å². The van der Waals surface area contributed by atoms with Gasteiger partial charge in [0.2, 0.25) is 0 Å². The van der Waals surface area contributed by atoms with E-state index in [0.29, 0.717) is 42.5 Å². The number of anilines is 1. The molecular formula is C18H21FN6O2S. The first-order valence-electron chi connectivity index (χ1n) is 9.16. The molecule has 28 heavy (non-hydrogen) atoms. The standard InChI is InChI=1S/C18H21FN6O2S/c19-15-5-2-1-4-14(15)18-22-21-17-7-6-16(23-25(17)18)20-8-3-9-24-10-12-28(26,27)13-11-24/h1-2,4-7H,3,8-13H2,(H,20,23). The number of benzene rings is 1. The van der Waals surface area contributed by atoms with E-state index < -0.39 is 9.84 Å². The molecule has 0 saturated carbocycles. The number of hydrogen-bond acceptors (Lipinski definition) is 7. The molecule has 8 nitrogen and oxygen atoms in total. The number of nitrogens with one attached hydrogen (secondary N) is 1. The molecule has 0 unspecified atom stereocenters. The molecule has 10 heteroatoms. The highest BCUT2D eigenvalue weighted by Crippen LogP contribution is 2.21. The molecule has 1 aliphatic heterocycles. The van der Waals surface area contributed by atoms with Crippen molar-refractivity contribution < 1.29 is 12.8 Å². The van der Waals surface area contributed by atoms with Crippen LogP contribution in [0.4, 0.5) is 10.2 Å². The van der Waals surface area contributed by atoms with Crippen LogP contribution in [0.2, 0.25) is 0 Å². The summed E-state index contributed by atoms with van der Waals surface area (Å²) in [5.74, 6) is 1.11. The molecule has 0 amide bonds. The molecule has 1 saturated heterocycles. The first-order valence-corrected chi connectivity index (χ1v) is 11.0. The van der Waals surface area contributed by atoms with Crippen LogP contribution in [0.15, 0.2) is 36.4 Å². The van der Waals surface area contributed by atoms with Gasteiger partial charge in [0.1, 0.15) is 11.6 Å². The molecule has 3 aromatic rings. The largest absolute Gasteiger partial charge is 0.369 e. The Bertz CT molecular complexity index is 1070. The van der Waals surface area contributed by atoms with Crippen LogP contribution in [0, 0.1) is 5.82 Å². The third kappa shape index (κ3) is 4.12. The average molecular weight is 404 g/mol. The Hall–Kier alpha value is -2.59. The maximum atomic E-state index is 14.1. The Labute approximate surface area is 162 Å². The normalized spacial score (nSPS) is 17.0. The number of hydrogen-bond donors (Lipinski definition) is 1. The van der Waals surface area contributed by atoms with E-state index in [1.807, 2.05) is 6.07 Å². The summed E-state index contributed by atoms with van der Waals surface area (Å²) in [5.41, 5.74) is 0.887. The van der Waals surface area contributed by atoms with Crippen LogP contribution >= 0.6 is 0 Å². The van der Waals surface area contributed by atoms with Gasteiger partial charge in [0.25, 0.3) is 0 Å². The highest BCUT2D eigenvalue weighted by atomic mass is 32.2. The van der Waals surface area contributed by atoms with Gasteiger partial charge in [0.15, 0.2) is 21.3 Å². The maximum Gasteiger partial charge on any atom is 0.188 e. The Kier molecular flexibility index (Phi) is 5.23. The van der Waals surface area contributed by atoms with Gasteiger partial charge in [0.05, 0.1) is 17.1 Å². The van der Waals surface area contributed by atoms with Crippen molar-refractivity contribution in [3.63, 3.8) is 0 Å². The number of halogens is 1. The van der Waals surface area contributed by atoms with Gasteiger partial charge >= 0.3 is 0 Å². The van der Waals surface area contributed by atoms with Crippen LogP contribution in [-0.4, -0.2) is 70.8 Å². The predicted octanol–water partition coefficient (Wildman–Crippen LogP) is 1.46. The fraction of sp³-hybridized carbons (Fsp3) is 0.389. The first-order chi connectivity index (χ1) is 13.5. The summed E-state index contributed by atoms with van der Waals surface area (Å²) < 4.78 is 38.5. The van der Waals surface area contributed by atoms with Crippen LogP contribution in [0.3, 0.4) is 0 Å². The van der Waals surface area contributed by atoms with Crippen LogP contribution in [-0.2, 0) is 9.84 Å². The molecule has 1 N–H and O–H groups in total. The molecule has 0 bridgehead atoms. The molecule has 0 atom stereocenters. The van der Waals surface area contributed by atoms with Gasteiger partial charge in [-0.1, -0.05) is 12.1 Å². The molecule has 0 radical (unpaired) electrons. The maximum absolute atomic E-state index is 14.1. The monoisotopic (exact) mass is 404 g/mol. The van der Waals surface area contributed by atoms with Crippen molar-refractivity contribution in [1.82, 2.24) is 24.7 Å². The van der Waals surface area contributed by atoms with Crippen LogP contribution in [0.1, 0.15) is 6.42 Å². The Balaban J connectivity index is 1.38. The van der Waals surface area contributed by atoms with Crippen LogP contribution < -0.4 is 5.32 Å². The molecule has 4 rings (SSSR count). The lowest BCUT2D eigenvalue weighted by Gasteiger charge is -2.26. The zero-order valence-corrected chi connectivity index (χ0v) is 16.1. The molecule has 0 spiro atoms. The lowest BCUT2D eigenvalue weighted by Crippen LogP contribution is -2.41. The van der Waals surface area contributed by atoms with Gasteiger partial charge < -0.3 is 10.2 Å². The quantitative estimate of drug-likeness (QED) is 0.622. The van der Waals surface area contributed by atoms with Gasteiger partial charge in [-0.2, -0.15) is 4.52 Å². The Morgan fingerprint density at radius 1 is 1.07 bits per heavy atom. The number of aromatic nitrogens is 4. The summed E-state index contributed by atoms with van der Waals surface area (Å²) in [5, 5.41) is 15.8. The SMILES string of the molecule is O=S1(=O)CCN(CCCNc2ccc3nnc(-c4ccccc4F)n3n2)CC1. The van der Waals surface area contributed by atoms with Crippen molar-refractivity contribution >= 4 is 21.3 Å². The third-order valence-corrected chi connectivity index (χ3v) is 6.38. The van der Waals surface area contributed by atoms with Gasteiger partial charge in [-0.05, 0) is 37.2 Å². The fourth-order valence-corrected chi connectivity index (χ4v) is 4.46. The highest BCUT2D eigenvalue weighted by Gasteiger charge is 2.20. The average Bonchev–Trinajstić information content (AvgIpc) is 3.10. The number of sulfone groups is 1. The second-order valence-corrected chi connectivity index (χ2v) is 9.07. The number of fused-ring (bicyclic) bond motifs is 1. The lowest BCUT2D eigenvalue weighted by molar-refractivity contribution is 0.294. The second-order valence-electron chi connectivity index (χ2n) is 6.77. The van der Waals surface area contributed by atoms with E-state index in [4.69, 9.17) is 0 Å². The van der Waals surface area contributed by atoms with E-state index in [2.05, 4.69) is 25.5 Å². The van der Waals surface area contributed by atoms with E-state index in [1.165, 1.54) is 10.6 Å². The minimum Gasteiger partial charge on any atom is -0.369 e. The molecule has 1 fully saturated rings. The highest BCUT2D eigenvalue weighted by molar-refractivity contribution is 7.91. The van der Waals surface area contributed by atoms with Gasteiger partial charge in [-0.25, -0.2) is 12.8 Å². The zero-order chi connectivity index (χ0) is 19.6. The van der Waals surface area contributed by atoms with Crippen LogP contribution in [0.25, 0.3) is 17.0 Å². The molecule has 1 aliphatic rings. The van der Waals surface area contributed by atoms with Gasteiger partial charge in [0, 0.05) is 19.6 Å². The number of nitrogens with zero attached hydrogens (tertiary/aromatic N) is 5. The lowest BCUT2D eigenvalue weighted by atomic mass is 10.2. The van der Waals surface area contributed by atoms with Crippen molar-refractivity contribution in [3.8, 4) is 11.4 Å². The second kappa shape index (κ2) is 7.80. The summed E-state index contributed by atoms with van der Waals surface area (Å²) in [6.45, 7) is 2.72. The first kappa shape index (κ1) is 18.8. The molecule has 3 heterocycles. The molecular weight excluding hydrogens is 383 g/mol. The third-order valence-electron chi connectivity index (χ3n) is 4.77. The molecule has 0 aliphatic carbocycles. The number of rotatable bonds is 6. The fourth-order valence-electron chi connectivity index (χ4n) is 3.19. The Morgan fingerprint density at radius 3 is 2.64 bits per heavy atom. The minimum atomic E-state index is -2.84. The van der Waals surface area contributed by atoms with Crippen LogP contribution in [0.5, 0.6) is 0 Å². The summed E-state index contributed by atoms with van der Waals surface area (Å²) in [4.78, 5) is 2.16. The summed E-state index contributed by atoms with van der Waals surface area (Å²) in [7, 11) is -2.84. The topological polar surface area (TPSA) is 92.5 Å². The van der Waals surface area contributed by atoms with Crippen molar-refractivity contribution in [2.75, 3.05) is 43.0 Å². The summed E-state index contributed by atoms with van der Waals surface area (Å²) in [6.07, 6.45) is 0.863. The van der Waals surface area contributed by atoms with E-state index in [1.54, 1.807) is 24.3 Å². The Morgan fingerprint density at radius 2 is 1.86 bits per heavy atom. The van der Waals surface area contributed by atoms with E-state index >= 15 is 0 Å². The van der Waals surface area contributed by atoms with E-state index in [-0.39, 0.29) is 17.3 Å². The molecule has 148 valence electrons. The van der Waals surface area contributed by atoms with Gasteiger partial charge in [-0.15, -0.1) is 15.3 Å². The molecule has 2 aromatic heterocycles.